The van der Waals surface area contributed by atoms with Crippen LogP contribution in [-0.4, -0.2) is 6.54 Å². The van der Waals surface area contributed by atoms with Crippen LogP contribution in [0.1, 0.15) is 18.9 Å². The van der Waals surface area contributed by atoms with E-state index in [9.17, 15) is 0 Å². The van der Waals surface area contributed by atoms with Crippen LogP contribution in [0.25, 0.3) is 0 Å². The van der Waals surface area contributed by atoms with Crippen LogP contribution in [0.3, 0.4) is 0 Å². The summed E-state index contributed by atoms with van der Waals surface area (Å²) in [4.78, 5) is 0. The smallest absolute Gasteiger partial charge is 0.150 e. The summed E-state index contributed by atoms with van der Waals surface area (Å²) in [5.74, 6) is 1.74. The highest BCUT2D eigenvalue weighted by Crippen LogP contribution is 2.29. The zero-order chi connectivity index (χ0) is 12.8. The lowest BCUT2D eigenvalue weighted by Crippen LogP contribution is -2.01. The van der Waals surface area contributed by atoms with Gasteiger partial charge in [-0.1, -0.05) is 36.8 Å². The normalized spacial score (nSPS) is 10.1. The predicted molar refractivity (Wildman–Crippen MR) is 76.5 cm³/mol. The summed E-state index contributed by atoms with van der Waals surface area (Å²) in [7, 11) is 0. The zero-order valence-electron chi connectivity index (χ0n) is 10.9. The first kappa shape index (κ1) is 12.5. The Labute approximate surface area is 109 Å². The molecule has 2 rings (SSSR count). The molecule has 18 heavy (non-hydrogen) atoms. The topological polar surface area (TPSA) is 21.3 Å². The maximum absolute atomic E-state index is 5.90. The van der Waals surface area contributed by atoms with Crippen molar-refractivity contribution in [2.75, 3.05) is 11.9 Å². The number of anilines is 1. The third-order valence-electron chi connectivity index (χ3n) is 2.70. The number of para-hydroxylation sites is 2. The summed E-state index contributed by atoms with van der Waals surface area (Å²) < 4.78 is 5.90. The van der Waals surface area contributed by atoms with E-state index in [-0.39, 0.29) is 0 Å². The Morgan fingerprint density at radius 1 is 1.00 bits per heavy atom. The second kappa shape index (κ2) is 6.10. The minimum Gasteiger partial charge on any atom is -0.455 e. The van der Waals surface area contributed by atoms with E-state index in [0.29, 0.717) is 0 Å². The Balaban J connectivity index is 2.15. The molecule has 0 atom stereocenters. The van der Waals surface area contributed by atoms with Crippen LogP contribution in [0, 0.1) is 6.92 Å². The van der Waals surface area contributed by atoms with Gasteiger partial charge in [0.2, 0.25) is 0 Å². The number of hydrogen-bond donors (Lipinski definition) is 1. The first-order valence-corrected chi connectivity index (χ1v) is 6.37. The van der Waals surface area contributed by atoms with E-state index in [1.807, 2.05) is 36.4 Å². The molecule has 2 aromatic carbocycles. The van der Waals surface area contributed by atoms with Gasteiger partial charge >= 0.3 is 0 Å². The van der Waals surface area contributed by atoms with E-state index in [1.165, 1.54) is 5.56 Å². The number of aryl methyl sites for hydroxylation is 1. The van der Waals surface area contributed by atoms with Crippen molar-refractivity contribution in [2.45, 2.75) is 20.3 Å². The molecule has 0 bridgehead atoms. The van der Waals surface area contributed by atoms with Crippen molar-refractivity contribution in [3.8, 4) is 11.5 Å². The lowest BCUT2D eigenvalue weighted by molar-refractivity contribution is 0.484. The predicted octanol–water partition coefficient (Wildman–Crippen LogP) is 4.61. The standard InChI is InChI=1S/C16H19NO/c1-3-12-17-15-6-4-5-7-16(15)18-14-10-8-13(2)9-11-14/h4-11,17H,3,12H2,1-2H3. The Kier molecular flexibility index (Phi) is 4.24. The summed E-state index contributed by atoms with van der Waals surface area (Å²) in [5.41, 5.74) is 2.28. The van der Waals surface area contributed by atoms with Gasteiger partial charge in [0, 0.05) is 6.54 Å². The van der Waals surface area contributed by atoms with Crippen LogP contribution in [0.2, 0.25) is 0 Å². The third kappa shape index (κ3) is 3.27. The van der Waals surface area contributed by atoms with Crippen molar-refractivity contribution in [2.24, 2.45) is 0 Å². The van der Waals surface area contributed by atoms with Gasteiger partial charge in [-0.15, -0.1) is 0 Å². The maximum Gasteiger partial charge on any atom is 0.150 e. The molecule has 0 aliphatic rings. The molecule has 1 N–H and O–H groups in total. The Bertz CT molecular complexity index is 491. The van der Waals surface area contributed by atoms with E-state index >= 15 is 0 Å². The van der Waals surface area contributed by atoms with Gasteiger partial charge in [-0.05, 0) is 37.6 Å². The van der Waals surface area contributed by atoms with Crippen molar-refractivity contribution < 1.29 is 4.74 Å². The van der Waals surface area contributed by atoms with E-state index in [2.05, 4.69) is 31.3 Å². The number of rotatable bonds is 5. The van der Waals surface area contributed by atoms with Crippen molar-refractivity contribution >= 4 is 5.69 Å². The quantitative estimate of drug-likeness (QED) is 0.825. The average Bonchev–Trinajstić information content (AvgIpc) is 2.40. The van der Waals surface area contributed by atoms with Crippen LogP contribution < -0.4 is 10.1 Å². The van der Waals surface area contributed by atoms with Gasteiger partial charge in [-0.2, -0.15) is 0 Å². The molecular formula is C16H19NO. The van der Waals surface area contributed by atoms with Gasteiger partial charge in [0.15, 0.2) is 5.75 Å². The molecule has 0 fully saturated rings. The van der Waals surface area contributed by atoms with E-state index in [1.54, 1.807) is 0 Å². The van der Waals surface area contributed by atoms with Crippen LogP contribution in [0.4, 0.5) is 5.69 Å². The first-order chi connectivity index (χ1) is 8.79. The van der Waals surface area contributed by atoms with Gasteiger partial charge < -0.3 is 10.1 Å². The highest BCUT2D eigenvalue weighted by Gasteiger charge is 2.03. The summed E-state index contributed by atoms with van der Waals surface area (Å²) in [6, 6.07) is 16.1. The fourth-order valence-corrected chi connectivity index (χ4v) is 1.69. The summed E-state index contributed by atoms with van der Waals surface area (Å²) in [6.45, 7) is 5.17. The molecule has 0 aliphatic heterocycles. The minimum absolute atomic E-state index is 0.867. The third-order valence-corrected chi connectivity index (χ3v) is 2.70. The Hall–Kier alpha value is -1.96. The van der Waals surface area contributed by atoms with E-state index < -0.39 is 0 Å². The van der Waals surface area contributed by atoms with Crippen molar-refractivity contribution in [1.29, 1.82) is 0 Å². The van der Waals surface area contributed by atoms with E-state index in [4.69, 9.17) is 4.74 Å². The fraction of sp³-hybridized carbons (Fsp3) is 0.250. The van der Waals surface area contributed by atoms with Gasteiger partial charge in [-0.25, -0.2) is 0 Å². The van der Waals surface area contributed by atoms with E-state index in [0.717, 1.165) is 30.2 Å². The largest absolute Gasteiger partial charge is 0.455 e. The Morgan fingerprint density at radius 3 is 2.44 bits per heavy atom. The summed E-state index contributed by atoms with van der Waals surface area (Å²) in [6.07, 6.45) is 1.10. The first-order valence-electron chi connectivity index (χ1n) is 6.37. The van der Waals surface area contributed by atoms with Gasteiger partial charge in [-0.3, -0.25) is 0 Å². The molecule has 94 valence electrons. The van der Waals surface area contributed by atoms with Crippen LogP contribution in [0.5, 0.6) is 11.5 Å². The highest BCUT2D eigenvalue weighted by atomic mass is 16.5. The molecule has 0 saturated carbocycles. The van der Waals surface area contributed by atoms with Crippen molar-refractivity contribution in [3.05, 3.63) is 54.1 Å². The molecule has 0 unspecified atom stereocenters. The number of ether oxygens (including phenoxy) is 1. The fourth-order valence-electron chi connectivity index (χ4n) is 1.69. The molecule has 0 amide bonds. The van der Waals surface area contributed by atoms with Crippen LogP contribution >= 0.6 is 0 Å². The average molecular weight is 241 g/mol. The maximum atomic E-state index is 5.90. The second-order valence-electron chi connectivity index (χ2n) is 4.34. The monoisotopic (exact) mass is 241 g/mol. The van der Waals surface area contributed by atoms with Crippen LogP contribution in [-0.2, 0) is 0 Å². The molecule has 0 spiro atoms. The molecule has 2 nitrogen and oxygen atoms in total. The minimum atomic E-state index is 0.867. The van der Waals surface area contributed by atoms with Gasteiger partial charge in [0.25, 0.3) is 0 Å². The molecule has 0 radical (unpaired) electrons. The number of nitrogens with one attached hydrogen (secondary N) is 1. The van der Waals surface area contributed by atoms with Crippen molar-refractivity contribution in [3.63, 3.8) is 0 Å². The molecule has 0 heterocycles. The Morgan fingerprint density at radius 2 is 1.72 bits per heavy atom. The molecule has 2 heteroatoms. The summed E-state index contributed by atoms with van der Waals surface area (Å²) >= 11 is 0. The molecule has 0 aromatic heterocycles. The lowest BCUT2D eigenvalue weighted by Gasteiger charge is -2.12. The van der Waals surface area contributed by atoms with Gasteiger partial charge in [0.05, 0.1) is 5.69 Å². The SMILES string of the molecule is CCCNc1ccccc1Oc1ccc(C)cc1. The lowest BCUT2D eigenvalue weighted by atomic mass is 10.2. The molecule has 2 aromatic rings. The molecule has 0 aliphatic carbocycles. The molecular weight excluding hydrogens is 222 g/mol. The summed E-state index contributed by atoms with van der Waals surface area (Å²) in [5, 5.41) is 3.37. The van der Waals surface area contributed by atoms with Crippen molar-refractivity contribution in [1.82, 2.24) is 0 Å². The van der Waals surface area contributed by atoms with Gasteiger partial charge in [0.1, 0.15) is 5.75 Å². The number of hydrogen-bond acceptors (Lipinski definition) is 2. The number of benzene rings is 2. The molecule has 0 saturated heterocycles. The zero-order valence-corrected chi connectivity index (χ0v) is 10.9. The van der Waals surface area contributed by atoms with Crippen LogP contribution in [0.15, 0.2) is 48.5 Å². The second-order valence-corrected chi connectivity index (χ2v) is 4.34. The highest BCUT2D eigenvalue weighted by molar-refractivity contribution is 5.57.